The summed E-state index contributed by atoms with van der Waals surface area (Å²) in [6, 6.07) is 2.19. The number of carbonyl (C=O) groups is 3. The van der Waals surface area contributed by atoms with Crippen LogP contribution in [0.5, 0.6) is 0 Å². The maximum Gasteiger partial charge on any atom is 0.317 e. The zero-order valence-corrected chi connectivity index (χ0v) is 18.6. The van der Waals surface area contributed by atoms with Crippen LogP contribution < -0.4 is 16.0 Å². The lowest BCUT2D eigenvalue weighted by atomic mass is 10.0. The molecular weight excluding hydrogens is 434 g/mol. The van der Waals surface area contributed by atoms with E-state index in [0.717, 1.165) is 12.1 Å². The van der Waals surface area contributed by atoms with Gasteiger partial charge in [0.15, 0.2) is 11.5 Å². The molecule has 1 saturated heterocycles. The number of amides is 4. The van der Waals surface area contributed by atoms with Gasteiger partial charge in [-0.1, -0.05) is 0 Å². The number of nitrogens with one attached hydrogen (secondary N) is 3. The van der Waals surface area contributed by atoms with Crippen LogP contribution in [0.1, 0.15) is 54.5 Å². The summed E-state index contributed by atoms with van der Waals surface area (Å²) in [6.45, 7) is 6.65. The molecule has 0 radical (unpaired) electrons. The summed E-state index contributed by atoms with van der Waals surface area (Å²) in [7, 11) is 0. The number of piperidine rings is 1. The van der Waals surface area contributed by atoms with E-state index in [2.05, 4.69) is 25.9 Å². The van der Waals surface area contributed by atoms with Gasteiger partial charge in [0.25, 0.3) is 11.8 Å². The van der Waals surface area contributed by atoms with Gasteiger partial charge in [-0.05, 0) is 45.7 Å². The van der Waals surface area contributed by atoms with E-state index in [0.29, 0.717) is 32.0 Å². The predicted molar refractivity (Wildman–Crippen MR) is 117 cm³/mol. The van der Waals surface area contributed by atoms with E-state index >= 15 is 0 Å². The lowest BCUT2D eigenvalue weighted by Gasteiger charge is -2.34. The average molecular weight is 460 g/mol. The largest absolute Gasteiger partial charge is 0.348 e. The highest BCUT2D eigenvalue weighted by molar-refractivity contribution is 6.07. The second kappa shape index (κ2) is 9.88. The first-order valence-corrected chi connectivity index (χ1v) is 10.5. The van der Waals surface area contributed by atoms with Crippen molar-refractivity contribution in [2.75, 3.05) is 18.4 Å². The summed E-state index contributed by atoms with van der Waals surface area (Å²) < 4.78 is 27.0. The average Bonchev–Trinajstić information content (AvgIpc) is 2.73. The fraction of sp³-hybridized carbons (Fsp3) is 0.409. The van der Waals surface area contributed by atoms with Crippen LogP contribution in [0.2, 0.25) is 0 Å². The number of nitrogens with zero attached hydrogens (tertiary/aromatic N) is 3. The van der Waals surface area contributed by atoms with Gasteiger partial charge in [-0.3, -0.25) is 9.59 Å². The topological polar surface area (TPSA) is 116 Å². The Morgan fingerprint density at radius 1 is 1.03 bits per heavy atom. The first-order chi connectivity index (χ1) is 15.5. The Hall–Kier alpha value is -3.63. The van der Waals surface area contributed by atoms with E-state index < -0.39 is 29.0 Å². The molecule has 2 heterocycles. The number of anilines is 1. The monoisotopic (exact) mass is 460 g/mol. The number of likely N-dealkylation sites (tertiary alicyclic amines) is 1. The third-order valence-electron chi connectivity index (χ3n) is 4.92. The number of benzene rings is 1. The number of carbonyl (C=O) groups excluding carboxylic acids is 3. The van der Waals surface area contributed by atoms with Gasteiger partial charge in [-0.25, -0.2) is 23.5 Å². The minimum absolute atomic E-state index is 0.138. The van der Waals surface area contributed by atoms with Gasteiger partial charge >= 0.3 is 6.03 Å². The molecule has 11 heteroatoms. The summed E-state index contributed by atoms with van der Waals surface area (Å²) in [4.78, 5) is 47.1. The second-order valence-corrected chi connectivity index (χ2v) is 8.75. The molecule has 1 aliphatic rings. The molecule has 2 aromatic rings. The van der Waals surface area contributed by atoms with Crippen molar-refractivity contribution in [1.29, 1.82) is 0 Å². The number of hydrogen-bond acceptors (Lipinski definition) is 5. The zero-order valence-electron chi connectivity index (χ0n) is 18.6. The lowest BCUT2D eigenvalue weighted by molar-refractivity contribution is 0.0913. The van der Waals surface area contributed by atoms with Crippen molar-refractivity contribution in [2.45, 2.75) is 45.2 Å². The van der Waals surface area contributed by atoms with Crippen LogP contribution in [0.3, 0.4) is 0 Å². The minimum Gasteiger partial charge on any atom is -0.348 e. The first kappa shape index (κ1) is 24.0. The molecule has 3 N–H and O–H groups in total. The van der Waals surface area contributed by atoms with Gasteiger partial charge in [-0.15, -0.1) is 0 Å². The Balaban J connectivity index is 1.61. The molecule has 0 unspecified atom stereocenters. The summed E-state index contributed by atoms with van der Waals surface area (Å²) >= 11 is 0. The van der Waals surface area contributed by atoms with Crippen LogP contribution in [-0.4, -0.2) is 57.4 Å². The Morgan fingerprint density at radius 3 is 2.33 bits per heavy atom. The molecule has 33 heavy (non-hydrogen) atoms. The normalized spacial score (nSPS) is 14.5. The van der Waals surface area contributed by atoms with Crippen molar-refractivity contribution < 1.29 is 23.2 Å². The number of urea groups is 1. The number of halogens is 2. The standard InChI is InChI=1S/C22H26F2N6O3/c1-22(2,3)29-21(33)30-10-6-14(7-11-30)27-20(32)17-18(26-9-8-25-17)28-19(31)15-5-4-13(23)12-16(15)24/h4-5,8-9,12,14H,6-7,10-11H2,1-3H3,(H,27,32)(H,29,33)(H,26,28,31). The number of aromatic nitrogens is 2. The van der Waals surface area contributed by atoms with Crippen molar-refractivity contribution in [3.63, 3.8) is 0 Å². The molecule has 0 aliphatic carbocycles. The summed E-state index contributed by atoms with van der Waals surface area (Å²) in [5.41, 5.74) is -0.873. The fourth-order valence-electron chi connectivity index (χ4n) is 3.32. The fourth-order valence-corrected chi connectivity index (χ4v) is 3.32. The molecule has 4 amide bonds. The molecule has 9 nitrogen and oxygen atoms in total. The quantitative estimate of drug-likeness (QED) is 0.649. The summed E-state index contributed by atoms with van der Waals surface area (Å²) in [5, 5.41) is 8.10. The van der Waals surface area contributed by atoms with Gasteiger partial charge in [0.05, 0.1) is 5.56 Å². The van der Waals surface area contributed by atoms with Crippen molar-refractivity contribution in [1.82, 2.24) is 25.5 Å². The second-order valence-electron chi connectivity index (χ2n) is 8.75. The molecule has 1 aromatic carbocycles. The van der Waals surface area contributed by atoms with Crippen LogP contribution in [0.15, 0.2) is 30.6 Å². The third kappa shape index (κ3) is 6.43. The van der Waals surface area contributed by atoms with Gasteiger partial charge in [-0.2, -0.15) is 0 Å². The molecule has 176 valence electrons. The van der Waals surface area contributed by atoms with Gasteiger partial charge < -0.3 is 20.9 Å². The van der Waals surface area contributed by atoms with Gasteiger partial charge in [0, 0.05) is 43.1 Å². The van der Waals surface area contributed by atoms with Crippen molar-refractivity contribution in [2.24, 2.45) is 0 Å². The molecule has 0 saturated carbocycles. The highest BCUT2D eigenvalue weighted by Crippen LogP contribution is 2.16. The minimum atomic E-state index is -1.04. The van der Waals surface area contributed by atoms with Crippen LogP contribution in [0, 0.1) is 11.6 Å². The number of rotatable bonds is 4. The van der Waals surface area contributed by atoms with Crippen molar-refractivity contribution in [3.8, 4) is 0 Å². The Labute approximate surface area is 190 Å². The van der Waals surface area contributed by atoms with E-state index in [4.69, 9.17) is 0 Å². The van der Waals surface area contributed by atoms with Crippen LogP contribution in [0.4, 0.5) is 19.4 Å². The van der Waals surface area contributed by atoms with Crippen molar-refractivity contribution >= 4 is 23.7 Å². The third-order valence-corrected chi connectivity index (χ3v) is 4.92. The first-order valence-electron chi connectivity index (χ1n) is 10.5. The lowest BCUT2D eigenvalue weighted by Crippen LogP contribution is -2.53. The molecule has 3 rings (SSSR count). The van der Waals surface area contributed by atoms with Crippen LogP contribution >= 0.6 is 0 Å². The highest BCUT2D eigenvalue weighted by atomic mass is 19.1. The molecule has 1 aromatic heterocycles. The van der Waals surface area contributed by atoms with Crippen molar-refractivity contribution in [3.05, 3.63) is 53.5 Å². The van der Waals surface area contributed by atoms with Gasteiger partial charge in [0.2, 0.25) is 0 Å². The Morgan fingerprint density at radius 2 is 1.70 bits per heavy atom. The van der Waals surface area contributed by atoms with E-state index in [-0.39, 0.29) is 29.1 Å². The molecule has 0 spiro atoms. The van der Waals surface area contributed by atoms with E-state index in [1.807, 2.05) is 20.8 Å². The zero-order chi connectivity index (χ0) is 24.2. The van der Waals surface area contributed by atoms with E-state index in [1.165, 1.54) is 12.4 Å². The number of hydrogen-bond donors (Lipinski definition) is 3. The summed E-state index contributed by atoms with van der Waals surface area (Å²) in [5.74, 6) is -3.45. The molecular formula is C22H26F2N6O3. The SMILES string of the molecule is CC(C)(C)NC(=O)N1CCC(NC(=O)c2nccnc2NC(=O)c2ccc(F)cc2F)CC1. The Kier molecular flexibility index (Phi) is 7.19. The molecule has 1 aliphatic heterocycles. The maximum atomic E-state index is 13.9. The van der Waals surface area contributed by atoms with E-state index in [9.17, 15) is 23.2 Å². The van der Waals surface area contributed by atoms with Crippen LogP contribution in [0.25, 0.3) is 0 Å². The van der Waals surface area contributed by atoms with Gasteiger partial charge in [0.1, 0.15) is 11.6 Å². The van der Waals surface area contributed by atoms with E-state index in [1.54, 1.807) is 4.90 Å². The maximum absolute atomic E-state index is 13.9. The Bertz CT molecular complexity index is 1050. The molecule has 1 fully saturated rings. The molecule has 0 bridgehead atoms. The van der Waals surface area contributed by atoms with Crippen LogP contribution in [-0.2, 0) is 0 Å². The highest BCUT2D eigenvalue weighted by Gasteiger charge is 2.27. The molecule has 0 atom stereocenters. The summed E-state index contributed by atoms with van der Waals surface area (Å²) in [6.07, 6.45) is 3.67. The smallest absolute Gasteiger partial charge is 0.317 e. The predicted octanol–water partition coefficient (Wildman–Crippen LogP) is 2.71.